The van der Waals surface area contributed by atoms with Crippen LogP contribution >= 0.6 is 0 Å². The quantitative estimate of drug-likeness (QED) is 0.726. The van der Waals surface area contributed by atoms with Gasteiger partial charge in [-0.15, -0.1) is 0 Å². The highest BCUT2D eigenvalue weighted by Crippen LogP contribution is 2.35. The average Bonchev–Trinajstić information content (AvgIpc) is 2.34. The molecule has 0 saturated heterocycles. The Kier molecular flexibility index (Phi) is 5.37. The molecule has 1 nitrogen and oxygen atoms in total. The average molecular weight is 220 g/mol. The highest BCUT2D eigenvalue weighted by Gasteiger charge is 2.19. The summed E-state index contributed by atoms with van der Waals surface area (Å²) in [6.45, 7) is 6.34. The van der Waals surface area contributed by atoms with Crippen LogP contribution in [0.1, 0.15) is 57.9 Å². The molecule has 1 aliphatic carbocycles. The molecule has 1 saturated carbocycles. The summed E-state index contributed by atoms with van der Waals surface area (Å²) in [6.07, 6.45) is 5.33. The van der Waals surface area contributed by atoms with E-state index in [1.807, 2.05) is 13.8 Å². The molecule has 0 amide bonds. The van der Waals surface area contributed by atoms with Gasteiger partial charge in [-0.1, -0.05) is 45.7 Å². The second-order valence-corrected chi connectivity index (χ2v) is 4.55. The van der Waals surface area contributed by atoms with Gasteiger partial charge < -0.3 is 5.11 Å². The summed E-state index contributed by atoms with van der Waals surface area (Å²) in [6, 6.07) is 7.73. The van der Waals surface area contributed by atoms with Gasteiger partial charge in [-0.25, -0.2) is 0 Å². The molecule has 1 fully saturated rings. The lowest BCUT2D eigenvalue weighted by Gasteiger charge is -2.26. The van der Waals surface area contributed by atoms with E-state index in [2.05, 4.69) is 19.1 Å². The first-order valence-electron chi connectivity index (χ1n) is 6.54. The summed E-state index contributed by atoms with van der Waals surface area (Å²) in [5.41, 5.74) is 1.40. The minimum Gasteiger partial charge on any atom is -0.508 e. The highest BCUT2D eigenvalue weighted by molar-refractivity contribution is 5.28. The van der Waals surface area contributed by atoms with Crippen LogP contribution in [0.4, 0.5) is 0 Å². The third-order valence-electron chi connectivity index (χ3n) is 3.38. The number of hydrogen-bond acceptors (Lipinski definition) is 1. The Bertz CT molecular complexity index is 281. The molecule has 1 aromatic rings. The minimum atomic E-state index is 0.373. The van der Waals surface area contributed by atoms with Gasteiger partial charge in [-0.05, 0) is 42.4 Å². The van der Waals surface area contributed by atoms with Crippen LogP contribution in [0.2, 0.25) is 0 Å². The fourth-order valence-electron chi connectivity index (χ4n) is 2.34. The number of rotatable bonds is 1. The van der Waals surface area contributed by atoms with Gasteiger partial charge in [0.25, 0.3) is 0 Å². The molecule has 1 heteroatoms. The second kappa shape index (κ2) is 6.57. The van der Waals surface area contributed by atoms with Crippen molar-refractivity contribution >= 4 is 0 Å². The van der Waals surface area contributed by atoms with Crippen LogP contribution in [0.3, 0.4) is 0 Å². The number of phenols is 1. The first-order valence-corrected chi connectivity index (χ1v) is 6.54. The summed E-state index contributed by atoms with van der Waals surface area (Å²) in [4.78, 5) is 0. The summed E-state index contributed by atoms with van der Waals surface area (Å²) >= 11 is 0. The van der Waals surface area contributed by atoms with E-state index in [1.165, 1.54) is 31.2 Å². The first kappa shape index (κ1) is 13.1. The van der Waals surface area contributed by atoms with Crippen LogP contribution < -0.4 is 0 Å². The lowest BCUT2D eigenvalue weighted by Crippen LogP contribution is -2.10. The first-order chi connectivity index (χ1) is 7.75. The molecule has 0 unspecified atom stereocenters. The molecular weight excluding hydrogens is 196 g/mol. The van der Waals surface area contributed by atoms with Crippen molar-refractivity contribution in [1.82, 2.24) is 0 Å². The normalized spacial score (nSPS) is 24.4. The van der Waals surface area contributed by atoms with Gasteiger partial charge in [0.1, 0.15) is 5.75 Å². The molecule has 1 N–H and O–H groups in total. The molecule has 0 atom stereocenters. The summed E-state index contributed by atoms with van der Waals surface area (Å²) in [7, 11) is 0. The van der Waals surface area contributed by atoms with Gasteiger partial charge in [-0.2, -0.15) is 0 Å². The Morgan fingerprint density at radius 1 is 0.938 bits per heavy atom. The lowest BCUT2D eigenvalue weighted by atomic mass is 9.79. The van der Waals surface area contributed by atoms with Gasteiger partial charge >= 0.3 is 0 Å². The SMILES string of the molecule is CC.CC1CCC(c2ccc(O)cc2)CC1. The van der Waals surface area contributed by atoms with Gasteiger partial charge in [0.05, 0.1) is 0 Å². The predicted octanol–water partition coefficient (Wildman–Crippen LogP) is 4.71. The summed E-state index contributed by atoms with van der Waals surface area (Å²) in [5.74, 6) is 2.01. The zero-order valence-electron chi connectivity index (χ0n) is 10.7. The third kappa shape index (κ3) is 3.55. The van der Waals surface area contributed by atoms with Crippen LogP contribution in [0.25, 0.3) is 0 Å². The molecular formula is C15H24O. The van der Waals surface area contributed by atoms with Crippen LogP contribution in [0, 0.1) is 5.92 Å². The van der Waals surface area contributed by atoms with E-state index in [4.69, 9.17) is 0 Å². The Labute approximate surface area is 99.5 Å². The van der Waals surface area contributed by atoms with Crippen molar-refractivity contribution in [3.63, 3.8) is 0 Å². The zero-order valence-corrected chi connectivity index (χ0v) is 10.7. The topological polar surface area (TPSA) is 20.2 Å². The van der Waals surface area contributed by atoms with Crippen LogP contribution in [0.5, 0.6) is 5.75 Å². The monoisotopic (exact) mass is 220 g/mol. The molecule has 1 aliphatic rings. The second-order valence-electron chi connectivity index (χ2n) is 4.55. The van der Waals surface area contributed by atoms with E-state index in [0.717, 1.165) is 11.8 Å². The Morgan fingerprint density at radius 3 is 1.94 bits per heavy atom. The van der Waals surface area contributed by atoms with E-state index in [-0.39, 0.29) is 0 Å². The summed E-state index contributed by atoms with van der Waals surface area (Å²) < 4.78 is 0. The molecule has 16 heavy (non-hydrogen) atoms. The zero-order chi connectivity index (χ0) is 12.0. The standard InChI is InChI=1S/C13H18O.C2H6/c1-10-2-4-11(5-3-10)12-6-8-13(14)9-7-12;1-2/h6-11,14H,2-5H2,1H3;1-2H3. The molecule has 0 aromatic heterocycles. The van der Waals surface area contributed by atoms with Gasteiger partial charge in [0, 0.05) is 0 Å². The maximum atomic E-state index is 9.20. The van der Waals surface area contributed by atoms with Crippen LogP contribution in [-0.4, -0.2) is 5.11 Å². The molecule has 0 radical (unpaired) electrons. The molecule has 0 heterocycles. The van der Waals surface area contributed by atoms with Crippen molar-refractivity contribution in [2.24, 2.45) is 5.92 Å². The largest absolute Gasteiger partial charge is 0.508 e. The maximum Gasteiger partial charge on any atom is 0.115 e. The van der Waals surface area contributed by atoms with E-state index in [9.17, 15) is 5.11 Å². The smallest absolute Gasteiger partial charge is 0.115 e. The fourth-order valence-corrected chi connectivity index (χ4v) is 2.34. The summed E-state index contributed by atoms with van der Waals surface area (Å²) in [5, 5.41) is 9.20. The molecule has 2 rings (SSSR count). The van der Waals surface area contributed by atoms with E-state index in [0.29, 0.717) is 5.75 Å². The highest BCUT2D eigenvalue weighted by atomic mass is 16.3. The number of hydrogen-bond donors (Lipinski definition) is 1. The Balaban J connectivity index is 0.000000606. The molecule has 0 spiro atoms. The molecule has 1 aromatic carbocycles. The van der Waals surface area contributed by atoms with Crippen molar-refractivity contribution in [1.29, 1.82) is 0 Å². The van der Waals surface area contributed by atoms with Crippen molar-refractivity contribution in [3.05, 3.63) is 29.8 Å². The molecule has 0 bridgehead atoms. The van der Waals surface area contributed by atoms with Crippen molar-refractivity contribution in [3.8, 4) is 5.75 Å². The Hall–Kier alpha value is -0.980. The van der Waals surface area contributed by atoms with Crippen molar-refractivity contribution in [2.45, 2.75) is 52.4 Å². The maximum absolute atomic E-state index is 9.20. The van der Waals surface area contributed by atoms with Crippen molar-refractivity contribution < 1.29 is 5.11 Å². The van der Waals surface area contributed by atoms with Crippen LogP contribution in [-0.2, 0) is 0 Å². The van der Waals surface area contributed by atoms with E-state index < -0.39 is 0 Å². The minimum absolute atomic E-state index is 0.373. The number of benzene rings is 1. The Morgan fingerprint density at radius 2 is 1.44 bits per heavy atom. The van der Waals surface area contributed by atoms with Gasteiger partial charge in [-0.3, -0.25) is 0 Å². The fraction of sp³-hybridized carbons (Fsp3) is 0.600. The van der Waals surface area contributed by atoms with E-state index >= 15 is 0 Å². The lowest BCUT2D eigenvalue weighted by molar-refractivity contribution is 0.347. The van der Waals surface area contributed by atoms with Gasteiger partial charge in [0.15, 0.2) is 0 Å². The van der Waals surface area contributed by atoms with E-state index in [1.54, 1.807) is 12.1 Å². The molecule has 90 valence electrons. The predicted molar refractivity (Wildman–Crippen MR) is 69.8 cm³/mol. The van der Waals surface area contributed by atoms with Crippen molar-refractivity contribution in [2.75, 3.05) is 0 Å². The third-order valence-corrected chi connectivity index (χ3v) is 3.38. The number of aromatic hydroxyl groups is 1. The number of phenolic OH excluding ortho intramolecular Hbond substituents is 1. The molecule has 0 aliphatic heterocycles. The van der Waals surface area contributed by atoms with Gasteiger partial charge in [0.2, 0.25) is 0 Å². The van der Waals surface area contributed by atoms with Crippen LogP contribution in [0.15, 0.2) is 24.3 Å².